The summed E-state index contributed by atoms with van der Waals surface area (Å²) in [6.45, 7) is 0. The maximum Gasteiger partial charge on any atom is 0.270 e. The standard InChI is InChI=1S/C15H12N2O4/c18-9-11-4-7-14(16(15(11)19)12-5-6-12)10-2-1-3-13(8-10)17(20)21/h1-4,7-9,12H,5-6H2. The highest BCUT2D eigenvalue weighted by Crippen LogP contribution is 2.37. The van der Waals surface area contributed by atoms with Crippen molar-refractivity contribution >= 4 is 12.0 Å². The number of aldehydes is 1. The van der Waals surface area contributed by atoms with E-state index in [1.54, 1.807) is 22.8 Å². The van der Waals surface area contributed by atoms with Crippen LogP contribution in [-0.4, -0.2) is 15.8 Å². The maximum absolute atomic E-state index is 12.3. The number of hydrogen-bond donors (Lipinski definition) is 0. The zero-order valence-corrected chi connectivity index (χ0v) is 11.1. The molecule has 1 aromatic carbocycles. The topological polar surface area (TPSA) is 82.2 Å². The number of pyridine rings is 1. The van der Waals surface area contributed by atoms with Gasteiger partial charge in [-0.15, -0.1) is 0 Å². The van der Waals surface area contributed by atoms with E-state index in [4.69, 9.17) is 0 Å². The van der Waals surface area contributed by atoms with E-state index in [1.807, 2.05) is 0 Å². The van der Waals surface area contributed by atoms with Crippen LogP contribution in [-0.2, 0) is 0 Å². The Hall–Kier alpha value is -2.76. The fourth-order valence-electron chi connectivity index (χ4n) is 2.37. The highest BCUT2D eigenvalue weighted by atomic mass is 16.6. The third-order valence-electron chi connectivity index (χ3n) is 3.54. The van der Waals surface area contributed by atoms with Gasteiger partial charge in [-0.2, -0.15) is 0 Å². The molecule has 0 bridgehead atoms. The highest BCUT2D eigenvalue weighted by Gasteiger charge is 2.28. The molecule has 6 nitrogen and oxygen atoms in total. The highest BCUT2D eigenvalue weighted by molar-refractivity contribution is 5.75. The Morgan fingerprint density at radius 1 is 1.24 bits per heavy atom. The minimum absolute atomic E-state index is 0.0261. The summed E-state index contributed by atoms with van der Waals surface area (Å²) < 4.78 is 1.57. The van der Waals surface area contributed by atoms with E-state index in [0.717, 1.165) is 12.8 Å². The summed E-state index contributed by atoms with van der Waals surface area (Å²) in [5.74, 6) is 0. The third kappa shape index (κ3) is 2.35. The van der Waals surface area contributed by atoms with E-state index in [1.165, 1.54) is 18.2 Å². The average molecular weight is 284 g/mol. The summed E-state index contributed by atoms with van der Waals surface area (Å²) in [6.07, 6.45) is 2.30. The van der Waals surface area contributed by atoms with E-state index in [0.29, 0.717) is 17.5 Å². The van der Waals surface area contributed by atoms with E-state index >= 15 is 0 Å². The Labute approximate surface area is 119 Å². The van der Waals surface area contributed by atoms with Gasteiger partial charge in [-0.3, -0.25) is 19.7 Å². The number of carbonyl (C=O) groups excluding carboxylic acids is 1. The third-order valence-corrected chi connectivity index (χ3v) is 3.54. The zero-order chi connectivity index (χ0) is 15.0. The Balaban J connectivity index is 2.21. The average Bonchev–Trinajstić information content (AvgIpc) is 3.31. The Morgan fingerprint density at radius 2 is 2.00 bits per heavy atom. The predicted molar refractivity (Wildman–Crippen MR) is 76.5 cm³/mol. The normalized spacial score (nSPS) is 13.9. The van der Waals surface area contributed by atoms with Crippen LogP contribution in [0.2, 0.25) is 0 Å². The fraction of sp³-hybridized carbons (Fsp3) is 0.200. The lowest BCUT2D eigenvalue weighted by Crippen LogP contribution is -2.24. The van der Waals surface area contributed by atoms with Crippen molar-refractivity contribution in [2.45, 2.75) is 18.9 Å². The lowest BCUT2D eigenvalue weighted by Gasteiger charge is -2.12. The molecule has 6 heteroatoms. The van der Waals surface area contributed by atoms with E-state index in [9.17, 15) is 19.7 Å². The van der Waals surface area contributed by atoms with Crippen molar-refractivity contribution in [2.24, 2.45) is 0 Å². The quantitative estimate of drug-likeness (QED) is 0.491. The van der Waals surface area contributed by atoms with Crippen LogP contribution in [0.4, 0.5) is 5.69 Å². The van der Waals surface area contributed by atoms with Gasteiger partial charge in [-0.25, -0.2) is 0 Å². The van der Waals surface area contributed by atoms with E-state index < -0.39 is 4.92 Å². The first-order valence-corrected chi connectivity index (χ1v) is 6.57. The Kier molecular flexibility index (Phi) is 3.13. The molecular formula is C15H12N2O4. The minimum Gasteiger partial charge on any atom is -0.305 e. The number of aromatic nitrogens is 1. The molecule has 1 fully saturated rings. The van der Waals surface area contributed by atoms with Crippen LogP contribution in [0.5, 0.6) is 0 Å². The number of rotatable bonds is 4. The van der Waals surface area contributed by atoms with Crippen molar-refractivity contribution in [1.29, 1.82) is 0 Å². The molecule has 1 heterocycles. The van der Waals surface area contributed by atoms with Gasteiger partial charge in [-0.05, 0) is 25.0 Å². The van der Waals surface area contributed by atoms with Crippen LogP contribution in [0.3, 0.4) is 0 Å². The van der Waals surface area contributed by atoms with Gasteiger partial charge in [-0.1, -0.05) is 12.1 Å². The van der Waals surface area contributed by atoms with Crippen LogP contribution >= 0.6 is 0 Å². The summed E-state index contributed by atoms with van der Waals surface area (Å²) >= 11 is 0. The first-order valence-electron chi connectivity index (χ1n) is 6.57. The van der Waals surface area contributed by atoms with Gasteiger partial charge in [0.05, 0.1) is 16.2 Å². The zero-order valence-electron chi connectivity index (χ0n) is 11.1. The van der Waals surface area contributed by atoms with Crippen molar-refractivity contribution in [1.82, 2.24) is 4.57 Å². The molecule has 1 aromatic heterocycles. The number of carbonyl (C=O) groups is 1. The van der Waals surface area contributed by atoms with E-state index in [2.05, 4.69) is 0 Å². The SMILES string of the molecule is O=Cc1ccc(-c2cccc([N+](=O)[O-])c2)n(C2CC2)c1=O. The summed E-state index contributed by atoms with van der Waals surface area (Å²) in [4.78, 5) is 33.6. The molecule has 1 aliphatic rings. The molecule has 0 saturated heterocycles. The molecule has 1 aliphatic carbocycles. The molecule has 106 valence electrons. The largest absolute Gasteiger partial charge is 0.305 e. The van der Waals surface area contributed by atoms with Crippen molar-refractivity contribution in [3.8, 4) is 11.3 Å². The summed E-state index contributed by atoms with van der Waals surface area (Å²) in [5.41, 5.74) is 0.955. The van der Waals surface area contributed by atoms with Crippen LogP contribution in [0.1, 0.15) is 29.2 Å². The molecule has 0 amide bonds. The van der Waals surface area contributed by atoms with Crippen molar-refractivity contribution in [3.05, 3.63) is 62.4 Å². The molecule has 2 aromatic rings. The van der Waals surface area contributed by atoms with Gasteiger partial charge in [0, 0.05) is 23.7 Å². The van der Waals surface area contributed by atoms with Crippen LogP contribution in [0, 0.1) is 10.1 Å². The number of hydrogen-bond acceptors (Lipinski definition) is 4. The number of benzene rings is 1. The molecule has 0 spiro atoms. The summed E-state index contributed by atoms with van der Waals surface area (Å²) in [7, 11) is 0. The summed E-state index contributed by atoms with van der Waals surface area (Å²) in [5, 5.41) is 10.9. The van der Waals surface area contributed by atoms with Crippen molar-refractivity contribution < 1.29 is 9.72 Å². The first-order chi connectivity index (χ1) is 10.1. The van der Waals surface area contributed by atoms with Gasteiger partial charge in [0.1, 0.15) is 0 Å². The fourth-order valence-corrected chi connectivity index (χ4v) is 2.37. The van der Waals surface area contributed by atoms with Crippen molar-refractivity contribution in [2.75, 3.05) is 0 Å². The van der Waals surface area contributed by atoms with Gasteiger partial charge in [0.15, 0.2) is 6.29 Å². The molecule has 21 heavy (non-hydrogen) atoms. The predicted octanol–water partition coefficient (Wildman–Crippen LogP) is 2.57. The second-order valence-corrected chi connectivity index (χ2v) is 5.01. The van der Waals surface area contributed by atoms with Gasteiger partial charge >= 0.3 is 0 Å². The minimum atomic E-state index is -0.469. The second kappa shape index (κ2) is 4.97. The van der Waals surface area contributed by atoms with Gasteiger partial charge < -0.3 is 4.57 Å². The Morgan fingerprint density at radius 3 is 2.62 bits per heavy atom. The molecule has 1 saturated carbocycles. The van der Waals surface area contributed by atoms with Crippen LogP contribution < -0.4 is 5.56 Å². The lowest BCUT2D eigenvalue weighted by molar-refractivity contribution is -0.384. The molecule has 0 atom stereocenters. The number of nitro benzene ring substituents is 1. The number of nitrogens with zero attached hydrogens (tertiary/aromatic N) is 2. The van der Waals surface area contributed by atoms with Crippen LogP contribution in [0.25, 0.3) is 11.3 Å². The smallest absolute Gasteiger partial charge is 0.270 e. The number of nitro groups is 1. The molecular weight excluding hydrogens is 272 g/mol. The lowest BCUT2D eigenvalue weighted by atomic mass is 10.1. The van der Waals surface area contributed by atoms with E-state index in [-0.39, 0.29) is 22.9 Å². The molecule has 0 radical (unpaired) electrons. The van der Waals surface area contributed by atoms with Crippen molar-refractivity contribution in [3.63, 3.8) is 0 Å². The van der Waals surface area contributed by atoms with Crippen LogP contribution in [0.15, 0.2) is 41.2 Å². The number of non-ortho nitro benzene ring substituents is 1. The van der Waals surface area contributed by atoms with Gasteiger partial charge in [0.2, 0.25) is 0 Å². The molecule has 0 aliphatic heterocycles. The second-order valence-electron chi connectivity index (χ2n) is 5.01. The molecule has 0 N–H and O–H groups in total. The molecule has 3 rings (SSSR count). The Bertz CT molecular complexity index is 791. The molecule has 0 unspecified atom stereocenters. The maximum atomic E-state index is 12.3. The van der Waals surface area contributed by atoms with Gasteiger partial charge in [0.25, 0.3) is 11.2 Å². The first kappa shape index (κ1) is 13.2. The monoisotopic (exact) mass is 284 g/mol. The summed E-state index contributed by atoms with van der Waals surface area (Å²) in [6, 6.07) is 9.36.